The molecule has 0 N–H and O–H groups in total. The van der Waals surface area contributed by atoms with Gasteiger partial charge >= 0.3 is 0 Å². The molecule has 0 aliphatic carbocycles. The molecule has 0 radical (unpaired) electrons. The van der Waals surface area contributed by atoms with Crippen LogP contribution in [0.25, 0.3) is 0 Å². The Balaban J connectivity index is 2.05. The van der Waals surface area contributed by atoms with Gasteiger partial charge in [-0.25, -0.2) is 0 Å². The van der Waals surface area contributed by atoms with Crippen molar-refractivity contribution in [3.05, 3.63) is 43.4 Å². The quantitative estimate of drug-likeness (QED) is 0.804. The molecule has 90 valence electrons. The van der Waals surface area contributed by atoms with E-state index < -0.39 is 0 Å². The molecule has 2 aromatic heterocycles. The molecule has 2 rings (SSSR count). The summed E-state index contributed by atoms with van der Waals surface area (Å²) in [4.78, 5) is 13.6. The lowest BCUT2D eigenvalue weighted by atomic mass is 10.3. The minimum atomic E-state index is -0.127. The third-order valence-corrected chi connectivity index (χ3v) is 4.15. The minimum Gasteiger partial charge on any atom is -0.444 e. The van der Waals surface area contributed by atoms with Gasteiger partial charge in [0.05, 0.1) is 3.79 Å². The smallest absolute Gasteiger partial charge is 0.289 e. The summed E-state index contributed by atoms with van der Waals surface area (Å²) < 4.78 is 6.85. The van der Waals surface area contributed by atoms with E-state index in [1.807, 2.05) is 11.4 Å². The first-order chi connectivity index (χ1) is 8.06. The summed E-state index contributed by atoms with van der Waals surface area (Å²) in [5.74, 6) is 0.215. The van der Waals surface area contributed by atoms with Crippen molar-refractivity contribution in [2.75, 3.05) is 7.05 Å². The Morgan fingerprint density at radius 3 is 2.76 bits per heavy atom. The number of thiophene rings is 1. The lowest BCUT2D eigenvalue weighted by molar-refractivity contribution is 0.0752. The maximum absolute atomic E-state index is 12.0. The van der Waals surface area contributed by atoms with E-state index in [-0.39, 0.29) is 5.91 Å². The summed E-state index contributed by atoms with van der Waals surface area (Å²) in [5.41, 5.74) is 1.10. The zero-order valence-corrected chi connectivity index (χ0v) is 12.9. The molecule has 0 unspecified atom stereocenters. The highest BCUT2D eigenvalue weighted by molar-refractivity contribution is 9.11. The fourth-order valence-corrected chi connectivity index (χ4v) is 2.90. The molecule has 0 aromatic carbocycles. The first-order valence-corrected chi connectivity index (χ1v) is 7.26. The maximum atomic E-state index is 12.0. The van der Waals surface area contributed by atoms with Gasteiger partial charge in [-0.1, -0.05) is 0 Å². The normalized spacial score (nSPS) is 10.5. The van der Waals surface area contributed by atoms with Gasteiger partial charge in [-0.15, -0.1) is 11.3 Å². The van der Waals surface area contributed by atoms with Gasteiger partial charge in [-0.3, -0.25) is 4.79 Å². The van der Waals surface area contributed by atoms with Crippen LogP contribution in [-0.4, -0.2) is 17.9 Å². The van der Waals surface area contributed by atoms with Crippen LogP contribution in [0.15, 0.2) is 36.5 Å². The molecule has 0 fully saturated rings. The zero-order valence-electron chi connectivity index (χ0n) is 8.94. The molecule has 1 amide bonds. The number of rotatable bonds is 3. The van der Waals surface area contributed by atoms with Gasteiger partial charge in [0, 0.05) is 13.6 Å². The Morgan fingerprint density at radius 1 is 1.47 bits per heavy atom. The summed E-state index contributed by atoms with van der Waals surface area (Å²) in [7, 11) is 1.75. The number of halogens is 2. The van der Waals surface area contributed by atoms with Crippen LogP contribution in [0, 0.1) is 0 Å². The van der Waals surface area contributed by atoms with Crippen LogP contribution in [0.1, 0.15) is 16.1 Å². The van der Waals surface area contributed by atoms with E-state index in [2.05, 4.69) is 31.9 Å². The van der Waals surface area contributed by atoms with Gasteiger partial charge in [-0.2, -0.15) is 0 Å². The van der Waals surface area contributed by atoms with Crippen molar-refractivity contribution in [2.45, 2.75) is 6.54 Å². The molecule has 0 saturated heterocycles. The average Bonchev–Trinajstić information content (AvgIpc) is 2.87. The lowest BCUT2D eigenvalue weighted by Gasteiger charge is -2.14. The zero-order chi connectivity index (χ0) is 12.4. The topological polar surface area (TPSA) is 33.5 Å². The predicted octanol–water partition coefficient (Wildman–Crippen LogP) is 4.14. The molecule has 17 heavy (non-hydrogen) atoms. The van der Waals surface area contributed by atoms with Crippen molar-refractivity contribution >= 4 is 49.1 Å². The minimum absolute atomic E-state index is 0.127. The van der Waals surface area contributed by atoms with Gasteiger partial charge in [0.1, 0.15) is 0 Å². The number of furan rings is 1. The molecule has 0 atom stereocenters. The molecule has 6 heteroatoms. The monoisotopic (exact) mass is 377 g/mol. The molecular weight excluding hydrogens is 370 g/mol. The molecule has 3 nitrogen and oxygen atoms in total. The fourth-order valence-electron chi connectivity index (χ4n) is 1.39. The molecule has 0 bridgehead atoms. The van der Waals surface area contributed by atoms with E-state index in [0.29, 0.717) is 17.0 Å². The highest BCUT2D eigenvalue weighted by Crippen LogP contribution is 2.22. The first-order valence-electron chi connectivity index (χ1n) is 4.80. The Hall–Kier alpha value is -0.590. The molecule has 2 heterocycles. The molecule has 0 saturated carbocycles. The Kier molecular flexibility index (Phi) is 4.06. The highest BCUT2D eigenvalue weighted by Gasteiger charge is 2.16. The maximum Gasteiger partial charge on any atom is 0.289 e. The van der Waals surface area contributed by atoms with Gasteiger partial charge in [-0.05, 0) is 61.0 Å². The van der Waals surface area contributed by atoms with E-state index in [9.17, 15) is 4.79 Å². The van der Waals surface area contributed by atoms with Gasteiger partial charge in [0.25, 0.3) is 5.91 Å². The number of hydrogen-bond donors (Lipinski definition) is 0. The van der Waals surface area contributed by atoms with Crippen molar-refractivity contribution in [1.82, 2.24) is 4.90 Å². The Bertz CT molecular complexity index is 535. The molecule has 0 aliphatic rings. The largest absolute Gasteiger partial charge is 0.444 e. The molecule has 0 spiro atoms. The van der Waals surface area contributed by atoms with Gasteiger partial charge < -0.3 is 9.32 Å². The predicted molar refractivity (Wildman–Crippen MR) is 74.2 cm³/mol. The van der Waals surface area contributed by atoms with Crippen molar-refractivity contribution < 1.29 is 9.21 Å². The average molecular weight is 379 g/mol. The van der Waals surface area contributed by atoms with Crippen LogP contribution in [0.2, 0.25) is 0 Å². The summed E-state index contributed by atoms with van der Waals surface area (Å²) in [6, 6.07) is 5.38. The summed E-state index contributed by atoms with van der Waals surface area (Å²) in [6.45, 7) is 0.569. The van der Waals surface area contributed by atoms with E-state index in [0.717, 1.165) is 9.35 Å². The number of carbonyl (C=O) groups excluding carboxylic acids is 1. The number of nitrogens with zero attached hydrogens (tertiary/aromatic N) is 1. The van der Waals surface area contributed by atoms with Crippen LogP contribution in [-0.2, 0) is 6.54 Å². The van der Waals surface area contributed by atoms with Crippen molar-refractivity contribution in [3.8, 4) is 0 Å². The second-order valence-electron chi connectivity index (χ2n) is 3.52. The summed E-state index contributed by atoms with van der Waals surface area (Å²) in [6.07, 6.45) is 0. The van der Waals surface area contributed by atoms with Crippen molar-refractivity contribution in [1.29, 1.82) is 0 Å². The molecular formula is C11H9Br2NO2S. The van der Waals surface area contributed by atoms with Crippen LogP contribution in [0.4, 0.5) is 0 Å². The van der Waals surface area contributed by atoms with E-state index >= 15 is 0 Å². The van der Waals surface area contributed by atoms with Crippen LogP contribution in [0.5, 0.6) is 0 Å². The first kappa shape index (κ1) is 12.9. The molecule has 0 aliphatic heterocycles. The number of hydrogen-bond acceptors (Lipinski definition) is 3. The van der Waals surface area contributed by atoms with E-state index in [4.69, 9.17) is 4.42 Å². The van der Waals surface area contributed by atoms with Crippen LogP contribution >= 0.6 is 43.2 Å². The second kappa shape index (κ2) is 5.37. The van der Waals surface area contributed by atoms with Crippen molar-refractivity contribution in [3.63, 3.8) is 0 Å². The van der Waals surface area contributed by atoms with E-state index in [1.54, 1.807) is 35.4 Å². The third kappa shape index (κ3) is 3.20. The standard InChI is InChI=1S/C11H9Br2NO2S/c1-14(5-7-4-10(13)17-6-7)11(15)8-2-3-9(12)16-8/h2-4,6H,5H2,1H3. The second-order valence-corrected chi connectivity index (χ2v) is 6.60. The SMILES string of the molecule is CN(Cc1csc(Br)c1)C(=O)c1ccc(Br)o1. The number of carbonyl (C=O) groups is 1. The lowest BCUT2D eigenvalue weighted by Crippen LogP contribution is -2.25. The highest BCUT2D eigenvalue weighted by atomic mass is 79.9. The third-order valence-electron chi connectivity index (χ3n) is 2.17. The fraction of sp³-hybridized carbons (Fsp3) is 0.182. The summed E-state index contributed by atoms with van der Waals surface area (Å²) in [5, 5.41) is 2.02. The Labute approximate surface area is 120 Å². The number of amides is 1. The van der Waals surface area contributed by atoms with E-state index in [1.165, 1.54) is 0 Å². The van der Waals surface area contributed by atoms with Crippen LogP contribution in [0.3, 0.4) is 0 Å². The van der Waals surface area contributed by atoms with Crippen LogP contribution < -0.4 is 0 Å². The van der Waals surface area contributed by atoms with Gasteiger partial charge in [0.15, 0.2) is 10.4 Å². The molecule has 2 aromatic rings. The van der Waals surface area contributed by atoms with Gasteiger partial charge in [0.2, 0.25) is 0 Å². The summed E-state index contributed by atoms with van der Waals surface area (Å²) >= 11 is 8.18. The Morgan fingerprint density at radius 2 is 2.24 bits per heavy atom. The van der Waals surface area contributed by atoms with Crippen molar-refractivity contribution in [2.24, 2.45) is 0 Å².